The van der Waals surface area contributed by atoms with Crippen LogP contribution < -0.4 is 15.2 Å². The fraction of sp³-hybridized carbons (Fsp3) is 0.333. The minimum absolute atomic E-state index is 0.0267. The van der Waals surface area contributed by atoms with Crippen molar-refractivity contribution in [2.45, 2.75) is 19.6 Å². The number of methoxy groups -OCH3 is 1. The van der Waals surface area contributed by atoms with E-state index in [0.29, 0.717) is 18.0 Å². The maximum atomic E-state index is 9.14. The highest BCUT2D eigenvalue weighted by Crippen LogP contribution is 2.33. The Hall–Kier alpha value is -1.56. The molecule has 0 bridgehead atoms. The zero-order chi connectivity index (χ0) is 14.5. The molecular weight excluding hydrogens is 274 g/mol. The topological polar surface area (TPSA) is 64.7 Å². The first kappa shape index (κ1) is 14.8. The molecule has 1 heterocycles. The molecule has 0 aliphatic carbocycles. The van der Waals surface area contributed by atoms with Crippen molar-refractivity contribution >= 4 is 11.3 Å². The molecule has 2 aromatic rings. The monoisotopic (exact) mass is 293 g/mol. The van der Waals surface area contributed by atoms with Gasteiger partial charge in [0.1, 0.15) is 6.10 Å². The fourth-order valence-electron chi connectivity index (χ4n) is 1.91. The molecule has 1 aromatic carbocycles. The van der Waals surface area contributed by atoms with Crippen LogP contribution in [0, 0.1) is 6.92 Å². The lowest BCUT2D eigenvalue weighted by molar-refractivity contribution is 0.207. The van der Waals surface area contributed by atoms with Crippen molar-refractivity contribution in [3.63, 3.8) is 0 Å². The van der Waals surface area contributed by atoms with Gasteiger partial charge in [-0.1, -0.05) is 6.07 Å². The molecule has 0 saturated carbocycles. The molecule has 5 heteroatoms. The summed E-state index contributed by atoms with van der Waals surface area (Å²) < 4.78 is 11.3. The Morgan fingerprint density at radius 3 is 2.60 bits per heavy atom. The Labute approximate surface area is 122 Å². The SMILES string of the molecule is COc1cc(CO)ccc1OC(CN)c1ccc(C)s1. The highest BCUT2D eigenvalue weighted by Gasteiger charge is 2.16. The van der Waals surface area contributed by atoms with Crippen molar-refractivity contribution in [3.05, 3.63) is 45.6 Å². The number of hydrogen-bond donors (Lipinski definition) is 2. The summed E-state index contributed by atoms with van der Waals surface area (Å²) in [5.74, 6) is 1.23. The molecule has 0 saturated heterocycles. The van der Waals surface area contributed by atoms with E-state index in [1.807, 2.05) is 12.1 Å². The molecule has 4 nitrogen and oxygen atoms in total. The molecule has 0 spiro atoms. The highest BCUT2D eigenvalue weighted by molar-refractivity contribution is 7.12. The van der Waals surface area contributed by atoms with Crippen LogP contribution in [-0.4, -0.2) is 18.8 Å². The van der Waals surface area contributed by atoms with E-state index in [-0.39, 0.29) is 12.7 Å². The smallest absolute Gasteiger partial charge is 0.162 e. The van der Waals surface area contributed by atoms with Crippen molar-refractivity contribution in [3.8, 4) is 11.5 Å². The predicted molar refractivity (Wildman–Crippen MR) is 80.4 cm³/mol. The Kier molecular flexibility index (Phi) is 5.00. The molecule has 1 aromatic heterocycles. The van der Waals surface area contributed by atoms with Crippen molar-refractivity contribution in [2.24, 2.45) is 5.73 Å². The Bertz CT molecular complexity index is 568. The van der Waals surface area contributed by atoms with Gasteiger partial charge in [0, 0.05) is 16.3 Å². The Morgan fingerprint density at radius 2 is 2.05 bits per heavy atom. The molecule has 20 heavy (non-hydrogen) atoms. The number of aliphatic hydroxyl groups excluding tert-OH is 1. The largest absolute Gasteiger partial charge is 0.493 e. The summed E-state index contributed by atoms with van der Waals surface area (Å²) in [5.41, 5.74) is 6.59. The minimum atomic E-state index is -0.192. The zero-order valence-corrected chi connectivity index (χ0v) is 12.4. The first-order chi connectivity index (χ1) is 9.67. The van der Waals surface area contributed by atoms with E-state index in [1.165, 1.54) is 4.88 Å². The van der Waals surface area contributed by atoms with Gasteiger partial charge in [0.15, 0.2) is 11.5 Å². The third-order valence-corrected chi connectivity index (χ3v) is 4.07. The van der Waals surface area contributed by atoms with Crippen LogP contribution in [0.5, 0.6) is 11.5 Å². The van der Waals surface area contributed by atoms with E-state index in [0.717, 1.165) is 10.4 Å². The lowest BCUT2D eigenvalue weighted by Crippen LogP contribution is -2.17. The standard InChI is InChI=1S/C15H19NO3S/c1-10-3-6-15(20-10)14(8-16)19-12-5-4-11(9-17)7-13(12)18-2/h3-7,14,17H,8-9,16H2,1-2H3. The van der Waals surface area contributed by atoms with Crippen LogP contribution in [0.15, 0.2) is 30.3 Å². The lowest BCUT2D eigenvalue weighted by Gasteiger charge is -2.18. The molecule has 2 rings (SSSR count). The summed E-state index contributed by atoms with van der Waals surface area (Å²) >= 11 is 1.67. The number of ether oxygens (including phenoxy) is 2. The third kappa shape index (κ3) is 3.30. The molecule has 108 valence electrons. The van der Waals surface area contributed by atoms with Gasteiger partial charge in [-0.15, -0.1) is 11.3 Å². The maximum Gasteiger partial charge on any atom is 0.162 e. The molecule has 0 radical (unpaired) electrons. The van der Waals surface area contributed by atoms with Crippen molar-refractivity contribution in [1.82, 2.24) is 0 Å². The zero-order valence-electron chi connectivity index (χ0n) is 11.6. The summed E-state index contributed by atoms with van der Waals surface area (Å²) in [6.45, 7) is 2.42. The minimum Gasteiger partial charge on any atom is -0.493 e. The van der Waals surface area contributed by atoms with E-state index in [9.17, 15) is 0 Å². The van der Waals surface area contributed by atoms with Crippen molar-refractivity contribution < 1.29 is 14.6 Å². The second-order valence-corrected chi connectivity index (χ2v) is 5.75. The molecule has 0 fully saturated rings. The van der Waals surface area contributed by atoms with Crippen molar-refractivity contribution in [1.29, 1.82) is 0 Å². The number of nitrogens with two attached hydrogens (primary N) is 1. The van der Waals surface area contributed by atoms with E-state index >= 15 is 0 Å². The van der Waals surface area contributed by atoms with Gasteiger partial charge in [-0.05, 0) is 36.8 Å². The van der Waals surface area contributed by atoms with Crippen molar-refractivity contribution in [2.75, 3.05) is 13.7 Å². The van der Waals surface area contributed by atoms with Gasteiger partial charge in [-0.2, -0.15) is 0 Å². The number of benzene rings is 1. The maximum absolute atomic E-state index is 9.14. The van der Waals surface area contributed by atoms with Gasteiger partial charge >= 0.3 is 0 Å². The quantitative estimate of drug-likeness (QED) is 0.859. The average molecular weight is 293 g/mol. The molecule has 0 aliphatic heterocycles. The summed E-state index contributed by atoms with van der Waals surface area (Å²) in [6, 6.07) is 9.46. The molecular formula is C15H19NO3S. The van der Waals surface area contributed by atoms with Gasteiger partial charge in [-0.3, -0.25) is 0 Å². The van der Waals surface area contributed by atoms with E-state index in [2.05, 4.69) is 13.0 Å². The fourth-order valence-corrected chi connectivity index (χ4v) is 2.83. The molecule has 3 N–H and O–H groups in total. The first-order valence-electron chi connectivity index (χ1n) is 6.38. The molecule has 1 atom stereocenters. The first-order valence-corrected chi connectivity index (χ1v) is 7.20. The van der Waals surface area contributed by atoms with E-state index in [4.69, 9.17) is 20.3 Å². The number of aliphatic hydroxyl groups is 1. The lowest BCUT2D eigenvalue weighted by atomic mass is 10.2. The third-order valence-electron chi connectivity index (χ3n) is 2.97. The predicted octanol–water partition coefficient (Wildman–Crippen LogP) is 2.64. The summed E-state index contributed by atoms with van der Waals surface area (Å²) in [6.07, 6.45) is -0.192. The Balaban J connectivity index is 2.23. The van der Waals surface area contributed by atoms with Crippen LogP contribution in [0.3, 0.4) is 0 Å². The average Bonchev–Trinajstić information content (AvgIpc) is 2.91. The number of hydrogen-bond acceptors (Lipinski definition) is 5. The van der Waals surface area contributed by atoms with Gasteiger partial charge in [0.25, 0.3) is 0 Å². The highest BCUT2D eigenvalue weighted by atomic mass is 32.1. The van der Waals surface area contributed by atoms with Gasteiger partial charge in [-0.25, -0.2) is 0 Å². The number of aryl methyl sites for hydroxylation is 1. The van der Waals surface area contributed by atoms with Crippen LogP contribution in [0.4, 0.5) is 0 Å². The second kappa shape index (κ2) is 6.74. The van der Waals surface area contributed by atoms with E-state index in [1.54, 1.807) is 30.6 Å². The number of rotatable bonds is 6. The summed E-state index contributed by atoms with van der Waals surface area (Å²) in [4.78, 5) is 2.32. The summed E-state index contributed by atoms with van der Waals surface area (Å²) in [7, 11) is 1.58. The molecule has 0 amide bonds. The van der Waals surface area contributed by atoms with Crippen LogP contribution in [0.1, 0.15) is 21.4 Å². The normalized spacial score (nSPS) is 12.2. The number of thiophene rings is 1. The van der Waals surface area contributed by atoms with Crippen LogP contribution in [0.2, 0.25) is 0 Å². The van der Waals surface area contributed by atoms with Gasteiger partial charge in [0.2, 0.25) is 0 Å². The van der Waals surface area contributed by atoms with Gasteiger partial charge in [0.05, 0.1) is 13.7 Å². The Morgan fingerprint density at radius 1 is 1.25 bits per heavy atom. The van der Waals surface area contributed by atoms with Crippen LogP contribution in [0.25, 0.3) is 0 Å². The van der Waals surface area contributed by atoms with Crippen LogP contribution >= 0.6 is 11.3 Å². The molecule has 0 aliphatic rings. The summed E-state index contributed by atoms with van der Waals surface area (Å²) in [5, 5.41) is 9.14. The van der Waals surface area contributed by atoms with Crippen LogP contribution in [-0.2, 0) is 6.61 Å². The molecule has 1 unspecified atom stereocenters. The van der Waals surface area contributed by atoms with E-state index < -0.39 is 0 Å². The van der Waals surface area contributed by atoms with Gasteiger partial charge < -0.3 is 20.3 Å². The second-order valence-electron chi connectivity index (χ2n) is 4.43.